The SMILES string of the molecule is CCOC(=O)CO[C@H]1CC[C@@]2(C)[C@H](CC[C@@H]3[C@@H]2CC[C@]2(C)[C@@H]4[C@H](C[C@@H]32)O[C@]2(CC[C@H](C)CO2)[C@H]4C)C1.C[C@H]1CC[C@@]2(OC1)O[C@H]1C[C@H]3[C@@H]4CC[C@@H]5C[C@@H](O)CC[C@]5(C)[C@H]4CC[C@]3(C)[C@H]1[C@@H]2C.C[C@H]1CC[C@@]2(OC1)O[C@H]1C[C@H]3[C@@H]4CC[C@@H]5C[C@@H](OCC(=O)O)CC[C@]5(C)[C@H]4CC[C@]3(C)[C@H]1[C@@H]2C. The van der Waals surface area contributed by atoms with Crippen LogP contribution >= 0.6 is 0 Å². The lowest BCUT2D eigenvalue weighted by Crippen LogP contribution is -2.55. The zero-order valence-corrected chi connectivity index (χ0v) is 64.9. The van der Waals surface area contributed by atoms with Crippen LogP contribution in [0.3, 0.4) is 0 Å². The van der Waals surface area contributed by atoms with Crippen LogP contribution in [0.5, 0.6) is 0 Å². The number of carbonyl (C=O) groups excluding carboxylic acids is 1. The molecule has 6 heterocycles. The molecule has 12 aliphatic carbocycles. The normalized spacial score (nSPS) is 57.3. The molecule has 0 aromatic rings. The first-order valence-corrected chi connectivity index (χ1v) is 42.9. The number of hydrogen-bond donors (Lipinski definition) is 2. The minimum absolute atomic E-state index is 0.0389. The Morgan fingerprint density at radius 1 is 0.390 bits per heavy atom. The Morgan fingerprint density at radius 2 is 0.730 bits per heavy atom. The molecule has 2 N–H and O–H groups in total. The van der Waals surface area contributed by atoms with E-state index in [-0.39, 0.29) is 54.9 Å². The van der Waals surface area contributed by atoms with Crippen molar-refractivity contribution in [2.24, 2.45) is 157 Å². The van der Waals surface area contributed by atoms with Crippen molar-refractivity contribution in [2.75, 3.05) is 39.6 Å². The number of aliphatic carboxylic acids is 1. The third-order valence-electron chi connectivity index (χ3n) is 36.9. The Labute approximate surface area is 604 Å². The molecule has 12 saturated carbocycles. The van der Waals surface area contributed by atoms with Gasteiger partial charge in [-0.2, -0.15) is 0 Å². The first kappa shape index (κ1) is 72.8. The summed E-state index contributed by atoms with van der Waals surface area (Å²) in [5.74, 6) is 13.1. The van der Waals surface area contributed by atoms with Crippen LogP contribution in [0, 0.1) is 157 Å². The van der Waals surface area contributed by atoms with E-state index in [1.165, 1.54) is 135 Å². The Bertz CT molecular complexity index is 2930. The summed E-state index contributed by atoms with van der Waals surface area (Å²) >= 11 is 0. The number of carboxylic acid groups (broad SMARTS) is 1. The standard InChI is InChI=1S/C31H50O5.C29H46O5.C27H44O3/c1-6-33-27(32)18-34-22-10-12-29(4)21(15-22)7-8-23-24(29)11-13-30(5)25(23)16-26-28(30)20(3)31(36-26)14-9-19(2)17-35-31;1-17-7-12-29(33-15-17)18(2)26-24(34-29)14-23-21-6-5-19-13-20(32-16-25(30)31)8-10-27(19,3)22(21)9-11-28(23,26)4;1-16-7-12-27(29-15-16)17(2)24-23(30-27)14-22-20-6-5-18-13-19(28)8-10-25(18,3)21(20)9-11-26(22,24)4/h19-26,28H,6-18H2,1-5H3;17-24,26H,5-16H2,1-4H3,(H,30,31);16-24,28H,5-15H2,1-4H3/t19-,20-,21+,22-,23+,24-,25-,26-,28-,29-,30-,31+;17-,18-,19+,20-,21+,22-,23-,24-,26-,27-,28-,29+;16-,17-,18+,19-,20+,21-,22-,23-,24-,25-,26-,27+/m000/s1. The molecule has 0 unspecified atom stereocenters. The van der Waals surface area contributed by atoms with E-state index in [4.69, 9.17) is 47.7 Å². The predicted molar refractivity (Wildman–Crippen MR) is 385 cm³/mol. The fraction of sp³-hybridized carbons (Fsp3) is 0.977. The average molecular weight is 1390 g/mol. The zero-order chi connectivity index (χ0) is 70.1. The molecule has 13 nitrogen and oxygen atoms in total. The van der Waals surface area contributed by atoms with Gasteiger partial charge in [-0.1, -0.05) is 83.1 Å². The highest BCUT2D eigenvalue weighted by atomic mass is 16.7. The van der Waals surface area contributed by atoms with Gasteiger partial charge in [-0.15, -0.1) is 0 Å². The van der Waals surface area contributed by atoms with Crippen LogP contribution in [0.2, 0.25) is 0 Å². The summed E-state index contributed by atoms with van der Waals surface area (Å²) in [6, 6.07) is 0. The summed E-state index contributed by atoms with van der Waals surface area (Å²) in [6.45, 7) is 34.8. The quantitative estimate of drug-likeness (QED) is 0.232. The Morgan fingerprint density at radius 3 is 1.07 bits per heavy atom. The monoisotopic (exact) mass is 1390 g/mol. The van der Waals surface area contributed by atoms with Crippen molar-refractivity contribution in [1.29, 1.82) is 0 Å². The summed E-state index contributed by atoms with van der Waals surface area (Å²) in [5, 5.41) is 19.3. The van der Waals surface area contributed by atoms with Gasteiger partial charge in [0.15, 0.2) is 17.4 Å². The van der Waals surface area contributed by atoms with Crippen molar-refractivity contribution < 1.29 is 62.4 Å². The van der Waals surface area contributed by atoms with Crippen molar-refractivity contribution in [3.8, 4) is 0 Å². The molecule has 18 aliphatic rings. The molecule has 0 aromatic heterocycles. The number of fused-ring (bicyclic) bond motifs is 21. The first-order valence-electron chi connectivity index (χ1n) is 42.9. The van der Waals surface area contributed by atoms with Gasteiger partial charge in [-0.05, 0) is 319 Å². The average Bonchev–Trinajstić information content (AvgIpc) is 1.52. The van der Waals surface area contributed by atoms with Crippen molar-refractivity contribution in [1.82, 2.24) is 0 Å². The van der Waals surface area contributed by atoms with E-state index in [1.807, 2.05) is 6.92 Å². The van der Waals surface area contributed by atoms with Crippen molar-refractivity contribution in [3.05, 3.63) is 0 Å². The highest BCUT2D eigenvalue weighted by Crippen LogP contribution is 2.76. The molecule has 18 rings (SSSR count). The summed E-state index contributed by atoms with van der Waals surface area (Å²) < 4.78 is 57.1. The molecule has 6 aliphatic heterocycles. The predicted octanol–water partition coefficient (Wildman–Crippen LogP) is 18.1. The highest BCUT2D eigenvalue weighted by molar-refractivity contribution is 5.70. The van der Waals surface area contributed by atoms with Crippen LogP contribution in [-0.2, 0) is 52.2 Å². The number of esters is 1. The number of carbonyl (C=O) groups is 2. The minimum atomic E-state index is -0.846. The highest BCUT2D eigenvalue weighted by Gasteiger charge is 2.73. The van der Waals surface area contributed by atoms with Crippen molar-refractivity contribution >= 4 is 11.9 Å². The molecular weight excluding hydrogens is 1250 g/mol. The lowest BCUT2D eigenvalue weighted by Gasteiger charge is -2.61. The molecule has 6 saturated heterocycles. The molecule has 36 atom stereocenters. The van der Waals surface area contributed by atoms with Crippen LogP contribution in [0.4, 0.5) is 0 Å². The lowest BCUT2D eigenvalue weighted by atomic mass is 9.44. The maximum Gasteiger partial charge on any atom is 0.332 e. The maximum atomic E-state index is 11.8. The maximum absolute atomic E-state index is 11.8. The summed E-state index contributed by atoms with van der Waals surface area (Å²) in [5.41, 5.74) is 2.48. The second-order valence-corrected chi connectivity index (χ2v) is 41.1. The lowest BCUT2D eigenvalue weighted by molar-refractivity contribution is -0.273. The van der Waals surface area contributed by atoms with Gasteiger partial charge >= 0.3 is 11.9 Å². The molecule has 0 bridgehead atoms. The molecule has 18 fully saturated rings. The third kappa shape index (κ3) is 11.6. The Kier molecular flexibility index (Phi) is 19.4. The smallest absolute Gasteiger partial charge is 0.332 e. The number of aliphatic hydroxyl groups excluding tert-OH is 1. The molecule has 566 valence electrons. The number of carboxylic acids is 1. The zero-order valence-electron chi connectivity index (χ0n) is 64.9. The molecule has 0 aromatic carbocycles. The van der Waals surface area contributed by atoms with E-state index in [1.54, 1.807) is 0 Å². The number of rotatable bonds is 7. The van der Waals surface area contributed by atoms with Crippen LogP contribution in [0.15, 0.2) is 0 Å². The van der Waals surface area contributed by atoms with Gasteiger partial charge < -0.3 is 52.8 Å². The van der Waals surface area contributed by atoms with Gasteiger partial charge in [-0.25, -0.2) is 9.59 Å². The topological polar surface area (TPSA) is 158 Å². The largest absolute Gasteiger partial charge is 0.480 e. The third-order valence-corrected chi connectivity index (χ3v) is 36.9. The van der Waals surface area contributed by atoms with Gasteiger partial charge in [0.25, 0.3) is 0 Å². The molecule has 3 spiro atoms. The van der Waals surface area contributed by atoms with E-state index < -0.39 is 5.97 Å². The van der Waals surface area contributed by atoms with Gasteiger partial charge in [0.2, 0.25) is 0 Å². The molecule has 100 heavy (non-hydrogen) atoms. The van der Waals surface area contributed by atoms with Gasteiger partial charge in [0.1, 0.15) is 13.2 Å². The van der Waals surface area contributed by atoms with E-state index in [0.717, 1.165) is 143 Å². The fourth-order valence-electron chi connectivity index (χ4n) is 31.6. The van der Waals surface area contributed by atoms with E-state index in [9.17, 15) is 14.7 Å². The van der Waals surface area contributed by atoms with Crippen LogP contribution in [0.1, 0.15) is 283 Å². The van der Waals surface area contributed by atoms with Gasteiger partial charge in [-0.3, -0.25) is 0 Å². The number of aliphatic hydroxyl groups is 1. The first-order chi connectivity index (χ1) is 47.6. The molecule has 13 heteroatoms. The van der Waals surface area contributed by atoms with E-state index in [2.05, 4.69) is 83.1 Å². The Balaban J connectivity index is 0.000000117. The van der Waals surface area contributed by atoms with Crippen LogP contribution in [-0.4, -0.2) is 116 Å². The Hall–Kier alpha value is -1.42. The second-order valence-electron chi connectivity index (χ2n) is 41.1. The number of ether oxygens (including phenoxy) is 9. The minimum Gasteiger partial charge on any atom is -0.480 e. The van der Waals surface area contributed by atoms with Crippen LogP contribution < -0.4 is 0 Å². The van der Waals surface area contributed by atoms with E-state index in [0.29, 0.717) is 117 Å². The van der Waals surface area contributed by atoms with Crippen LogP contribution in [0.25, 0.3) is 0 Å². The van der Waals surface area contributed by atoms with E-state index >= 15 is 0 Å². The van der Waals surface area contributed by atoms with Crippen molar-refractivity contribution in [2.45, 2.75) is 337 Å². The second kappa shape index (κ2) is 26.7. The summed E-state index contributed by atoms with van der Waals surface area (Å²) in [4.78, 5) is 22.8. The fourth-order valence-corrected chi connectivity index (χ4v) is 31.6. The van der Waals surface area contributed by atoms with Gasteiger partial charge in [0, 0.05) is 37.0 Å². The number of hydrogen-bond acceptors (Lipinski definition) is 12. The molecule has 0 amide bonds. The summed E-state index contributed by atoms with van der Waals surface area (Å²) in [7, 11) is 0. The van der Waals surface area contributed by atoms with Gasteiger partial charge in [0.05, 0.1) is 63.1 Å². The van der Waals surface area contributed by atoms with Crippen molar-refractivity contribution in [3.63, 3.8) is 0 Å². The summed E-state index contributed by atoms with van der Waals surface area (Å²) in [6.07, 6.45) is 38.5. The molecular formula is C87H140O13. The molecule has 0 radical (unpaired) electrons.